The van der Waals surface area contributed by atoms with Gasteiger partial charge in [-0.15, -0.1) is 11.3 Å². The van der Waals surface area contributed by atoms with Crippen molar-refractivity contribution in [2.24, 2.45) is 23.2 Å². The molecule has 6 nitrogen and oxygen atoms in total. The number of unbranched alkanes of at least 4 members (excludes halogenated alkanes) is 2. The van der Waals surface area contributed by atoms with Crippen LogP contribution in [0, 0.1) is 23.2 Å². The van der Waals surface area contributed by atoms with Crippen LogP contribution in [-0.4, -0.2) is 21.5 Å². The SMILES string of the molecule is C[C@@H](NC(=O)CCCCCn1c(=O)[nH]c2ccsc2c1=O)C12CC3CC(CC(C3)C1)C2. The Labute approximate surface area is 186 Å². The molecule has 0 aromatic carbocycles. The van der Waals surface area contributed by atoms with Crippen LogP contribution in [0.4, 0.5) is 0 Å². The molecule has 4 bridgehead atoms. The van der Waals surface area contributed by atoms with E-state index >= 15 is 0 Å². The van der Waals surface area contributed by atoms with Gasteiger partial charge in [0.1, 0.15) is 4.70 Å². The number of aromatic amines is 1. The molecule has 2 N–H and O–H groups in total. The molecule has 0 aliphatic heterocycles. The van der Waals surface area contributed by atoms with Crippen molar-refractivity contribution in [2.45, 2.75) is 83.7 Å². The van der Waals surface area contributed by atoms with Gasteiger partial charge in [0.2, 0.25) is 5.91 Å². The van der Waals surface area contributed by atoms with E-state index in [0.29, 0.717) is 28.6 Å². The van der Waals surface area contributed by atoms with Crippen molar-refractivity contribution in [1.82, 2.24) is 14.9 Å². The Morgan fingerprint density at radius 2 is 1.84 bits per heavy atom. The largest absolute Gasteiger partial charge is 0.353 e. The average Bonchev–Trinajstić information content (AvgIpc) is 3.17. The zero-order chi connectivity index (χ0) is 21.6. The molecule has 4 fully saturated rings. The van der Waals surface area contributed by atoms with Gasteiger partial charge in [0.25, 0.3) is 5.56 Å². The van der Waals surface area contributed by atoms with Crippen LogP contribution in [0.2, 0.25) is 0 Å². The molecule has 1 amide bonds. The van der Waals surface area contributed by atoms with Crippen LogP contribution in [0.5, 0.6) is 0 Å². The second kappa shape index (κ2) is 8.23. The highest BCUT2D eigenvalue weighted by atomic mass is 32.1. The summed E-state index contributed by atoms with van der Waals surface area (Å²) in [7, 11) is 0. The zero-order valence-electron chi connectivity index (χ0n) is 18.3. The molecule has 4 aliphatic carbocycles. The summed E-state index contributed by atoms with van der Waals surface area (Å²) in [6.07, 6.45) is 11.0. The highest BCUT2D eigenvalue weighted by Gasteiger charge is 2.53. The molecule has 4 aliphatic rings. The Hall–Kier alpha value is -1.89. The number of hydrogen-bond donors (Lipinski definition) is 2. The van der Waals surface area contributed by atoms with Gasteiger partial charge in [-0.3, -0.25) is 14.2 Å². The molecule has 0 unspecified atom stereocenters. The molecule has 7 heteroatoms. The van der Waals surface area contributed by atoms with Gasteiger partial charge in [0.05, 0.1) is 5.52 Å². The number of aromatic nitrogens is 2. The maximum atomic E-state index is 12.6. The molecule has 0 spiro atoms. The fourth-order valence-corrected chi connectivity index (χ4v) is 7.88. The maximum Gasteiger partial charge on any atom is 0.328 e. The van der Waals surface area contributed by atoms with E-state index in [2.05, 4.69) is 17.2 Å². The van der Waals surface area contributed by atoms with Crippen molar-refractivity contribution in [3.05, 3.63) is 32.3 Å². The van der Waals surface area contributed by atoms with Gasteiger partial charge < -0.3 is 10.3 Å². The van der Waals surface area contributed by atoms with Gasteiger partial charge in [-0.05, 0) is 92.9 Å². The Morgan fingerprint density at radius 3 is 2.52 bits per heavy atom. The average molecular weight is 444 g/mol. The zero-order valence-corrected chi connectivity index (χ0v) is 19.1. The summed E-state index contributed by atoms with van der Waals surface area (Å²) in [6.45, 7) is 2.62. The lowest BCUT2D eigenvalue weighted by Gasteiger charge is -2.59. The van der Waals surface area contributed by atoms with E-state index in [-0.39, 0.29) is 23.2 Å². The summed E-state index contributed by atoms with van der Waals surface area (Å²) in [5, 5.41) is 5.15. The van der Waals surface area contributed by atoms with Crippen molar-refractivity contribution in [2.75, 3.05) is 0 Å². The van der Waals surface area contributed by atoms with Crippen molar-refractivity contribution in [3.63, 3.8) is 0 Å². The second-order valence-corrected chi connectivity index (χ2v) is 11.3. The smallest absolute Gasteiger partial charge is 0.328 e. The first-order chi connectivity index (χ1) is 14.9. The van der Waals surface area contributed by atoms with Crippen LogP contribution < -0.4 is 16.6 Å². The summed E-state index contributed by atoms with van der Waals surface area (Å²) in [5.41, 5.74) is 0.391. The van der Waals surface area contributed by atoms with Crippen LogP contribution in [0.25, 0.3) is 10.2 Å². The van der Waals surface area contributed by atoms with E-state index < -0.39 is 0 Å². The summed E-state index contributed by atoms with van der Waals surface area (Å²) in [4.78, 5) is 40.0. The van der Waals surface area contributed by atoms with Crippen LogP contribution in [0.3, 0.4) is 0 Å². The predicted octanol–water partition coefficient (Wildman–Crippen LogP) is 4.03. The highest BCUT2D eigenvalue weighted by molar-refractivity contribution is 7.17. The van der Waals surface area contributed by atoms with Crippen molar-refractivity contribution >= 4 is 27.5 Å². The standard InChI is InChI=1S/C24H33N3O3S/c1-15(24-12-16-9-17(13-24)11-18(10-16)14-24)25-20(28)5-3-2-4-7-27-22(29)21-19(6-8-31-21)26-23(27)30/h6,8,15-18H,2-5,7,9-14H2,1H3,(H,25,28)(H,26,30)/t15-,16?,17?,18?,24?/m1/s1. The van der Waals surface area contributed by atoms with Gasteiger partial charge >= 0.3 is 5.69 Å². The number of carbonyl (C=O) groups excluding carboxylic acids is 1. The lowest BCUT2D eigenvalue weighted by molar-refractivity contribution is -0.126. The second-order valence-electron chi connectivity index (χ2n) is 10.4. The van der Waals surface area contributed by atoms with Crippen LogP contribution in [0.15, 0.2) is 21.0 Å². The van der Waals surface area contributed by atoms with Gasteiger partial charge in [0, 0.05) is 19.0 Å². The number of hydrogen-bond acceptors (Lipinski definition) is 4. The van der Waals surface area contributed by atoms with Gasteiger partial charge in [-0.2, -0.15) is 0 Å². The molecule has 2 heterocycles. The number of H-pyrrole nitrogens is 1. The van der Waals surface area contributed by atoms with E-state index in [1.807, 2.05) is 5.38 Å². The fraction of sp³-hybridized carbons (Fsp3) is 0.708. The molecule has 168 valence electrons. The minimum Gasteiger partial charge on any atom is -0.353 e. The summed E-state index contributed by atoms with van der Waals surface area (Å²) in [5.74, 6) is 2.83. The number of fused-ring (bicyclic) bond motifs is 1. The highest BCUT2D eigenvalue weighted by Crippen LogP contribution is 2.61. The first-order valence-corrected chi connectivity index (χ1v) is 12.8. The normalized spacial score (nSPS) is 30.0. The number of thiophene rings is 1. The molecule has 4 saturated carbocycles. The van der Waals surface area contributed by atoms with E-state index in [1.165, 1.54) is 54.4 Å². The molecule has 0 radical (unpaired) electrons. The van der Waals surface area contributed by atoms with E-state index in [1.54, 1.807) is 6.07 Å². The molecular formula is C24H33N3O3S. The molecule has 6 rings (SSSR count). The number of nitrogens with one attached hydrogen (secondary N) is 2. The van der Waals surface area contributed by atoms with Gasteiger partial charge in [-0.1, -0.05) is 6.42 Å². The predicted molar refractivity (Wildman–Crippen MR) is 123 cm³/mol. The Bertz CT molecular complexity index is 1050. The van der Waals surface area contributed by atoms with Crippen LogP contribution in [0.1, 0.15) is 71.1 Å². The van der Waals surface area contributed by atoms with Crippen LogP contribution >= 0.6 is 11.3 Å². The molecule has 1 atom stereocenters. The summed E-state index contributed by atoms with van der Waals surface area (Å²) < 4.78 is 1.88. The first kappa shape index (κ1) is 21.0. The number of nitrogens with zero attached hydrogens (tertiary/aromatic N) is 1. The quantitative estimate of drug-likeness (QED) is 0.604. The van der Waals surface area contributed by atoms with Gasteiger partial charge in [-0.25, -0.2) is 4.79 Å². The third-order valence-electron chi connectivity index (χ3n) is 8.26. The minimum atomic E-state index is -0.349. The number of carbonyl (C=O) groups is 1. The van der Waals surface area contributed by atoms with E-state index in [4.69, 9.17) is 0 Å². The number of rotatable bonds is 8. The Kier molecular flexibility index (Phi) is 5.57. The first-order valence-electron chi connectivity index (χ1n) is 11.9. The topological polar surface area (TPSA) is 84.0 Å². The van der Waals surface area contributed by atoms with Crippen molar-refractivity contribution in [1.29, 1.82) is 0 Å². The van der Waals surface area contributed by atoms with E-state index in [9.17, 15) is 14.4 Å². The third kappa shape index (κ3) is 4.01. The lowest BCUT2D eigenvalue weighted by atomic mass is 9.48. The van der Waals surface area contributed by atoms with Crippen LogP contribution in [-0.2, 0) is 11.3 Å². The lowest BCUT2D eigenvalue weighted by Crippen LogP contribution is -2.55. The van der Waals surface area contributed by atoms with E-state index in [0.717, 1.165) is 37.0 Å². The minimum absolute atomic E-state index is 0.151. The summed E-state index contributed by atoms with van der Waals surface area (Å²) >= 11 is 1.35. The molecule has 2 aromatic heterocycles. The fourth-order valence-electron chi connectivity index (χ4n) is 7.08. The molecule has 0 saturated heterocycles. The monoisotopic (exact) mass is 443 g/mol. The van der Waals surface area contributed by atoms with Gasteiger partial charge in [0.15, 0.2) is 0 Å². The maximum absolute atomic E-state index is 12.6. The third-order valence-corrected chi connectivity index (χ3v) is 9.16. The Morgan fingerprint density at radius 1 is 1.16 bits per heavy atom. The van der Waals surface area contributed by atoms with Crippen molar-refractivity contribution in [3.8, 4) is 0 Å². The van der Waals surface area contributed by atoms with Crippen molar-refractivity contribution < 1.29 is 4.79 Å². The molecule has 31 heavy (non-hydrogen) atoms. The molecule has 2 aromatic rings. The summed E-state index contributed by atoms with van der Waals surface area (Å²) in [6, 6.07) is 2.03. The Balaban J connectivity index is 1.08. The molecular weight excluding hydrogens is 410 g/mol. The number of amides is 1.